The highest BCUT2D eigenvalue weighted by Gasteiger charge is 2.30. The molecule has 0 aromatic heterocycles. The van der Waals surface area contributed by atoms with Gasteiger partial charge in [-0.25, -0.2) is 4.39 Å². The zero-order valence-corrected chi connectivity index (χ0v) is 19.7. The van der Waals surface area contributed by atoms with E-state index >= 15 is 0 Å². The minimum atomic E-state index is -0.742. The number of carbonyl (C=O) groups excluding carboxylic acids is 2. The second-order valence-electron chi connectivity index (χ2n) is 8.25. The second-order valence-corrected chi connectivity index (χ2v) is 8.25. The van der Waals surface area contributed by atoms with Gasteiger partial charge in [-0.2, -0.15) is 0 Å². The van der Waals surface area contributed by atoms with Gasteiger partial charge in [-0.3, -0.25) is 9.59 Å². The molecule has 1 atom stereocenters. The fourth-order valence-corrected chi connectivity index (χ4v) is 3.57. The lowest BCUT2D eigenvalue weighted by Crippen LogP contribution is -2.51. The Hall–Kier alpha value is -3.67. The van der Waals surface area contributed by atoms with Crippen LogP contribution in [0.3, 0.4) is 0 Å². The first-order valence-electron chi connectivity index (χ1n) is 11.5. The quantitative estimate of drug-likeness (QED) is 0.450. The fourth-order valence-electron chi connectivity index (χ4n) is 3.57. The molecule has 0 radical (unpaired) electrons. The summed E-state index contributed by atoms with van der Waals surface area (Å²) in [4.78, 5) is 28.1. The van der Waals surface area contributed by atoms with Crippen molar-refractivity contribution in [3.8, 4) is 5.75 Å². The van der Waals surface area contributed by atoms with E-state index in [0.717, 1.165) is 23.1 Å². The SMILES string of the molecule is CCCNC(=O)[C@H](Cc1ccccc1)N(Cc1ccc(F)cc1)C(=O)COc1ccc(C)cc1. The normalized spacial score (nSPS) is 11.5. The van der Waals surface area contributed by atoms with Gasteiger partial charge in [-0.1, -0.05) is 67.1 Å². The molecule has 1 N–H and O–H groups in total. The summed E-state index contributed by atoms with van der Waals surface area (Å²) in [5.41, 5.74) is 2.76. The van der Waals surface area contributed by atoms with E-state index in [9.17, 15) is 14.0 Å². The highest BCUT2D eigenvalue weighted by atomic mass is 19.1. The van der Waals surface area contributed by atoms with Crippen LogP contribution in [0.1, 0.15) is 30.0 Å². The first-order chi connectivity index (χ1) is 16.5. The molecule has 0 heterocycles. The second kappa shape index (κ2) is 12.5. The maximum absolute atomic E-state index is 13.5. The summed E-state index contributed by atoms with van der Waals surface area (Å²) >= 11 is 0. The van der Waals surface area contributed by atoms with Crippen LogP contribution in [-0.4, -0.2) is 35.9 Å². The monoisotopic (exact) mass is 462 g/mol. The van der Waals surface area contributed by atoms with Crippen LogP contribution < -0.4 is 10.1 Å². The van der Waals surface area contributed by atoms with Crippen molar-refractivity contribution in [1.82, 2.24) is 10.2 Å². The first kappa shape index (κ1) is 25.0. The summed E-state index contributed by atoms with van der Waals surface area (Å²) in [6.07, 6.45) is 1.14. The Kier molecular flexibility index (Phi) is 9.21. The van der Waals surface area contributed by atoms with Crippen LogP contribution in [0, 0.1) is 12.7 Å². The number of aryl methyl sites for hydroxylation is 1. The molecule has 0 aliphatic carbocycles. The number of ether oxygens (including phenoxy) is 1. The van der Waals surface area contributed by atoms with Crippen molar-refractivity contribution in [1.29, 1.82) is 0 Å². The van der Waals surface area contributed by atoms with Gasteiger partial charge in [0.1, 0.15) is 17.6 Å². The number of nitrogens with one attached hydrogen (secondary N) is 1. The minimum absolute atomic E-state index is 0.160. The molecule has 0 bridgehead atoms. The van der Waals surface area contributed by atoms with Crippen LogP contribution in [0.15, 0.2) is 78.9 Å². The van der Waals surface area contributed by atoms with Crippen molar-refractivity contribution in [3.05, 3.63) is 101 Å². The van der Waals surface area contributed by atoms with E-state index in [0.29, 0.717) is 18.7 Å². The van der Waals surface area contributed by atoms with Crippen LogP contribution in [0.4, 0.5) is 4.39 Å². The highest BCUT2D eigenvalue weighted by molar-refractivity contribution is 5.88. The zero-order chi connectivity index (χ0) is 24.3. The lowest BCUT2D eigenvalue weighted by Gasteiger charge is -2.31. The molecular weight excluding hydrogens is 431 g/mol. The van der Waals surface area contributed by atoms with E-state index in [4.69, 9.17) is 4.74 Å². The van der Waals surface area contributed by atoms with Crippen molar-refractivity contribution < 1.29 is 18.7 Å². The Bertz CT molecular complexity index is 1050. The number of hydrogen-bond donors (Lipinski definition) is 1. The zero-order valence-electron chi connectivity index (χ0n) is 19.7. The predicted molar refractivity (Wildman–Crippen MR) is 131 cm³/mol. The van der Waals surface area contributed by atoms with Gasteiger partial charge in [0.25, 0.3) is 5.91 Å². The average molecular weight is 463 g/mol. The van der Waals surface area contributed by atoms with Gasteiger partial charge < -0.3 is 15.0 Å². The third kappa shape index (κ3) is 7.44. The number of benzene rings is 3. The lowest BCUT2D eigenvalue weighted by molar-refractivity contribution is -0.142. The number of carbonyl (C=O) groups is 2. The highest BCUT2D eigenvalue weighted by Crippen LogP contribution is 2.17. The fraction of sp³-hybridized carbons (Fsp3) is 0.286. The van der Waals surface area contributed by atoms with Crippen molar-refractivity contribution >= 4 is 11.8 Å². The summed E-state index contributed by atoms with van der Waals surface area (Å²) in [6.45, 7) is 4.42. The molecule has 0 fully saturated rings. The molecule has 34 heavy (non-hydrogen) atoms. The van der Waals surface area contributed by atoms with E-state index < -0.39 is 6.04 Å². The molecule has 178 valence electrons. The number of rotatable bonds is 11. The molecule has 0 saturated carbocycles. The third-order valence-electron chi connectivity index (χ3n) is 5.47. The summed E-state index contributed by atoms with van der Waals surface area (Å²) in [6, 6.07) is 22.2. The smallest absolute Gasteiger partial charge is 0.261 e. The Labute approximate surface area is 200 Å². The van der Waals surface area contributed by atoms with E-state index in [1.807, 2.05) is 68.4 Å². The van der Waals surface area contributed by atoms with Gasteiger partial charge in [-0.05, 0) is 48.7 Å². The van der Waals surface area contributed by atoms with E-state index in [1.54, 1.807) is 12.1 Å². The maximum atomic E-state index is 13.5. The number of hydrogen-bond acceptors (Lipinski definition) is 3. The van der Waals surface area contributed by atoms with Crippen molar-refractivity contribution in [2.45, 2.75) is 39.3 Å². The van der Waals surface area contributed by atoms with Crippen LogP contribution in [-0.2, 0) is 22.6 Å². The molecule has 0 aliphatic rings. The first-order valence-corrected chi connectivity index (χ1v) is 11.5. The summed E-state index contributed by atoms with van der Waals surface area (Å²) in [7, 11) is 0. The molecule has 0 saturated heterocycles. The van der Waals surface area contributed by atoms with Crippen molar-refractivity contribution in [2.75, 3.05) is 13.2 Å². The van der Waals surface area contributed by atoms with Crippen LogP contribution in [0.25, 0.3) is 0 Å². The largest absolute Gasteiger partial charge is 0.484 e. The summed E-state index contributed by atoms with van der Waals surface area (Å²) < 4.78 is 19.2. The van der Waals surface area contributed by atoms with E-state index in [1.165, 1.54) is 17.0 Å². The van der Waals surface area contributed by atoms with Crippen molar-refractivity contribution in [3.63, 3.8) is 0 Å². The van der Waals surface area contributed by atoms with Crippen LogP contribution in [0.2, 0.25) is 0 Å². The molecule has 0 unspecified atom stereocenters. The number of halogens is 1. The number of nitrogens with zero attached hydrogens (tertiary/aromatic N) is 1. The predicted octanol–water partition coefficient (Wildman–Crippen LogP) is 4.68. The molecule has 5 nitrogen and oxygen atoms in total. The minimum Gasteiger partial charge on any atom is -0.484 e. The van der Waals surface area contributed by atoms with Crippen molar-refractivity contribution in [2.24, 2.45) is 0 Å². The average Bonchev–Trinajstić information content (AvgIpc) is 2.86. The molecule has 0 aliphatic heterocycles. The standard InChI is InChI=1S/C28H31FN2O3/c1-3-17-30-28(33)26(18-22-7-5-4-6-8-22)31(19-23-11-13-24(29)14-12-23)27(32)20-34-25-15-9-21(2)10-16-25/h4-16,26H,3,17-20H2,1-2H3,(H,30,33)/t26-/m0/s1. The Morgan fingerprint density at radius 1 is 0.941 bits per heavy atom. The number of amides is 2. The third-order valence-corrected chi connectivity index (χ3v) is 5.47. The van der Waals surface area contributed by atoms with Gasteiger partial charge in [0.05, 0.1) is 0 Å². The van der Waals surface area contributed by atoms with E-state index in [-0.39, 0.29) is 30.8 Å². The van der Waals surface area contributed by atoms with Gasteiger partial charge >= 0.3 is 0 Å². The van der Waals surface area contributed by atoms with Gasteiger partial charge in [0.15, 0.2) is 6.61 Å². The van der Waals surface area contributed by atoms with Crippen LogP contribution >= 0.6 is 0 Å². The molecular formula is C28H31FN2O3. The van der Waals surface area contributed by atoms with Gasteiger partial charge in [-0.15, -0.1) is 0 Å². The summed E-state index contributed by atoms with van der Waals surface area (Å²) in [5.74, 6) is -0.324. The molecule has 0 spiro atoms. The van der Waals surface area contributed by atoms with Gasteiger partial charge in [0.2, 0.25) is 5.91 Å². The molecule has 3 aromatic carbocycles. The molecule has 2 amide bonds. The molecule has 3 rings (SSSR count). The van der Waals surface area contributed by atoms with Gasteiger partial charge in [0, 0.05) is 19.5 Å². The topological polar surface area (TPSA) is 58.6 Å². The Morgan fingerprint density at radius 2 is 1.62 bits per heavy atom. The molecule has 3 aromatic rings. The molecule has 6 heteroatoms. The lowest BCUT2D eigenvalue weighted by atomic mass is 10.0. The Balaban J connectivity index is 1.87. The maximum Gasteiger partial charge on any atom is 0.261 e. The summed E-state index contributed by atoms with van der Waals surface area (Å²) in [5, 5.41) is 2.93. The van der Waals surface area contributed by atoms with E-state index in [2.05, 4.69) is 5.32 Å². The van der Waals surface area contributed by atoms with Crippen LogP contribution in [0.5, 0.6) is 5.75 Å². The Morgan fingerprint density at radius 3 is 2.26 bits per heavy atom.